The average Bonchev–Trinajstić information content (AvgIpc) is 2.38. The molecular formula is C15H11FO3. The van der Waals surface area contributed by atoms with Crippen LogP contribution in [0.5, 0.6) is 0 Å². The molecule has 4 heteroatoms. The molecular weight excluding hydrogens is 247 g/mol. The van der Waals surface area contributed by atoms with Gasteiger partial charge in [0.25, 0.3) is 0 Å². The van der Waals surface area contributed by atoms with E-state index < -0.39 is 11.8 Å². The number of hydrogen-bond acceptors (Lipinski definition) is 2. The number of carboxylic acid groups (broad SMARTS) is 1. The molecule has 0 aliphatic rings. The Balaban J connectivity index is 2.65. The first-order valence-electron chi connectivity index (χ1n) is 5.64. The molecule has 2 aromatic carbocycles. The van der Waals surface area contributed by atoms with E-state index in [1.54, 1.807) is 24.3 Å². The molecule has 0 aliphatic heterocycles. The molecule has 0 spiro atoms. The summed E-state index contributed by atoms with van der Waals surface area (Å²) in [5, 5.41) is 9.08. The Kier molecular flexibility index (Phi) is 3.42. The van der Waals surface area contributed by atoms with Gasteiger partial charge in [-0.25, -0.2) is 9.18 Å². The lowest BCUT2D eigenvalue weighted by Crippen LogP contribution is -2.03. The van der Waals surface area contributed by atoms with Gasteiger partial charge in [-0.1, -0.05) is 30.3 Å². The quantitative estimate of drug-likeness (QED) is 0.858. The molecule has 0 fully saturated rings. The van der Waals surface area contributed by atoms with E-state index >= 15 is 0 Å². The summed E-state index contributed by atoms with van der Waals surface area (Å²) in [5.41, 5.74) is 0.835. The van der Waals surface area contributed by atoms with Crippen LogP contribution in [0.2, 0.25) is 0 Å². The Morgan fingerprint density at radius 1 is 1.11 bits per heavy atom. The van der Waals surface area contributed by atoms with E-state index in [1.165, 1.54) is 19.1 Å². The summed E-state index contributed by atoms with van der Waals surface area (Å²) in [6.45, 7) is 1.42. The predicted molar refractivity (Wildman–Crippen MR) is 68.8 cm³/mol. The van der Waals surface area contributed by atoms with Gasteiger partial charge in [-0.15, -0.1) is 0 Å². The van der Waals surface area contributed by atoms with Gasteiger partial charge in [-0.2, -0.15) is 0 Å². The second kappa shape index (κ2) is 5.02. The van der Waals surface area contributed by atoms with Crippen molar-refractivity contribution >= 4 is 11.8 Å². The second-order valence-electron chi connectivity index (χ2n) is 4.10. The topological polar surface area (TPSA) is 54.4 Å². The maximum Gasteiger partial charge on any atom is 0.339 e. The summed E-state index contributed by atoms with van der Waals surface area (Å²) < 4.78 is 13.6. The van der Waals surface area contributed by atoms with E-state index in [0.717, 1.165) is 6.07 Å². The molecule has 0 radical (unpaired) electrons. The van der Waals surface area contributed by atoms with E-state index in [9.17, 15) is 14.0 Å². The third kappa shape index (κ3) is 2.52. The van der Waals surface area contributed by atoms with Crippen molar-refractivity contribution in [3.05, 3.63) is 59.4 Å². The molecule has 0 aromatic heterocycles. The number of benzene rings is 2. The highest BCUT2D eigenvalue weighted by molar-refractivity contribution is 5.98. The van der Waals surface area contributed by atoms with Gasteiger partial charge in [0.15, 0.2) is 5.78 Å². The number of Topliss-reactive ketones (excluding diaryl/α,β-unsaturated/α-hetero) is 1. The van der Waals surface area contributed by atoms with Crippen LogP contribution >= 0.6 is 0 Å². The van der Waals surface area contributed by atoms with E-state index in [-0.39, 0.29) is 16.9 Å². The Hall–Kier alpha value is -2.49. The van der Waals surface area contributed by atoms with Gasteiger partial charge in [-0.05, 0) is 30.2 Å². The van der Waals surface area contributed by atoms with Crippen LogP contribution in [0.1, 0.15) is 27.6 Å². The summed E-state index contributed by atoms with van der Waals surface area (Å²) in [6.07, 6.45) is 0. The molecule has 0 saturated heterocycles. The Bertz CT molecular complexity index is 662. The smallest absolute Gasteiger partial charge is 0.339 e. The number of rotatable bonds is 3. The molecule has 3 nitrogen and oxygen atoms in total. The van der Waals surface area contributed by atoms with Gasteiger partial charge in [0, 0.05) is 5.56 Å². The van der Waals surface area contributed by atoms with Gasteiger partial charge < -0.3 is 5.11 Å². The van der Waals surface area contributed by atoms with Gasteiger partial charge in [0.2, 0.25) is 0 Å². The fourth-order valence-electron chi connectivity index (χ4n) is 1.89. The molecule has 2 aromatic rings. The number of carboxylic acids is 1. The zero-order valence-corrected chi connectivity index (χ0v) is 10.2. The molecule has 1 N–H and O–H groups in total. The standard InChI is InChI=1S/C15H11FO3/c1-9(17)10-4-2-5-11(8-10)12-6-3-7-13(16)14(12)15(18)19/h2-8H,1H3,(H,18,19). The van der Waals surface area contributed by atoms with Crippen molar-refractivity contribution in [3.63, 3.8) is 0 Å². The second-order valence-corrected chi connectivity index (χ2v) is 4.10. The first-order valence-corrected chi connectivity index (χ1v) is 5.64. The van der Waals surface area contributed by atoms with Crippen LogP contribution in [-0.4, -0.2) is 16.9 Å². The fourth-order valence-corrected chi connectivity index (χ4v) is 1.89. The van der Waals surface area contributed by atoms with E-state index in [0.29, 0.717) is 11.1 Å². The molecule has 0 bridgehead atoms. The fraction of sp³-hybridized carbons (Fsp3) is 0.0667. The molecule has 96 valence electrons. The zero-order chi connectivity index (χ0) is 14.0. The Morgan fingerprint density at radius 2 is 1.79 bits per heavy atom. The van der Waals surface area contributed by atoms with Crippen LogP contribution in [0, 0.1) is 5.82 Å². The third-order valence-corrected chi connectivity index (χ3v) is 2.81. The highest BCUT2D eigenvalue weighted by atomic mass is 19.1. The van der Waals surface area contributed by atoms with E-state index in [4.69, 9.17) is 5.11 Å². The van der Waals surface area contributed by atoms with Crippen molar-refractivity contribution in [2.24, 2.45) is 0 Å². The maximum atomic E-state index is 13.6. The lowest BCUT2D eigenvalue weighted by Gasteiger charge is -2.08. The molecule has 2 rings (SSSR count). The van der Waals surface area contributed by atoms with Crippen molar-refractivity contribution in [3.8, 4) is 11.1 Å². The lowest BCUT2D eigenvalue weighted by atomic mass is 9.97. The molecule has 0 saturated carbocycles. The molecule has 0 amide bonds. The maximum absolute atomic E-state index is 13.6. The highest BCUT2D eigenvalue weighted by Crippen LogP contribution is 2.26. The van der Waals surface area contributed by atoms with E-state index in [2.05, 4.69) is 0 Å². The summed E-state index contributed by atoms with van der Waals surface area (Å²) in [4.78, 5) is 22.5. The predicted octanol–water partition coefficient (Wildman–Crippen LogP) is 3.39. The van der Waals surface area contributed by atoms with Crippen molar-refractivity contribution in [2.75, 3.05) is 0 Å². The van der Waals surface area contributed by atoms with Crippen LogP contribution in [0.3, 0.4) is 0 Å². The minimum atomic E-state index is -1.33. The lowest BCUT2D eigenvalue weighted by molar-refractivity contribution is 0.0692. The van der Waals surface area contributed by atoms with Crippen molar-refractivity contribution in [2.45, 2.75) is 6.92 Å². The highest BCUT2D eigenvalue weighted by Gasteiger charge is 2.17. The summed E-state index contributed by atoms with van der Waals surface area (Å²) in [6, 6.07) is 10.5. The van der Waals surface area contributed by atoms with Crippen LogP contribution in [0.4, 0.5) is 4.39 Å². The molecule has 0 heterocycles. The van der Waals surface area contributed by atoms with Crippen molar-refractivity contribution in [1.82, 2.24) is 0 Å². The van der Waals surface area contributed by atoms with Crippen LogP contribution in [0.15, 0.2) is 42.5 Å². The van der Waals surface area contributed by atoms with Crippen molar-refractivity contribution in [1.29, 1.82) is 0 Å². The number of carbonyl (C=O) groups excluding carboxylic acids is 1. The first-order chi connectivity index (χ1) is 9.00. The first kappa shape index (κ1) is 13.0. The SMILES string of the molecule is CC(=O)c1cccc(-c2cccc(F)c2C(=O)O)c1. The summed E-state index contributed by atoms with van der Waals surface area (Å²) in [5.74, 6) is -2.25. The Labute approximate surface area is 109 Å². The van der Waals surface area contributed by atoms with Crippen molar-refractivity contribution < 1.29 is 19.1 Å². The number of halogens is 1. The van der Waals surface area contributed by atoms with Gasteiger partial charge in [0.05, 0.1) is 0 Å². The van der Waals surface area contributed by atoms with Crippen LogP contribution < -0.4 is 0 Å². The van der Waals surface area contributed by atoms with Crippen LogP contribution in [-0.2, 0) is 0 Å². The van der Waals surface area contributed by atoms with Gasteiger partial charge in [0.1, 0.15) is 11.4 Å². The number of ketones is 1. The average molecular weight is 258 g/mol. The minimum Gasteiger partial charge on any atom is -0.478 e. The largest absolute Gasteiger partial charge is 0.478 e. The molecule has 0 unspecified atom stereocenters. The van der Waals surface area contributed by atoms with Crippen LogP contribution in [0.25, 0.3) is 11.1 Å². The number of hydrogen-bond donors (Lipinski definition) is 1. The Morgan fingerprint density at radius 3 is 2.42 bits per heavy atom. The zero-order valence-electron chi connectivity index (χ0n) is 10.2. The minimum absolute atomic E-state index is 0.130. The monoisotopic (exact) mass is 258 g/mol. The summed E-state index contributed by atoms with van der Waals surface area (Å²) >= 11 is 0. The normalized spacial score (nSPS) is 10.2. The van der Waals surface area contributed by atoms with E-state index in [1.807, 2.05) is 0 Å². The molecule has 0 aliphatic carbocycles. The molecule has 0 atom stereocenters. The van der Waals surface area contributed by atoms with Gasteiger partial charge >= 0.3 is 5.97 Å². The number of carbonyl (C=O) groups is 2. The number of aromatic carboxylic acids is 1. The third-order valence-electron chi connectivity index (χ3n) is 2.81. The molecule has 19 heavy (non-hydrogen) atoms. The summed E-state index contributed by atoms with van der Waals surface area (Å²) in [7, 11) is 0. The van der Waals surface area contributed by atoms with Gasteiger partial charge in [-0.3, -0.25) is 4.79 Å².